The quantitative estimate of drug-likeness (QED) is 0.575. The summed E-state index contributed by atoms with van der Waals surface area (Å²) in [5.41, 5.74) is 0.130. The van der Waals surface area contributed by atoms with E-state index in [9.17, 15) is 0 Å². The number of hydrogen-bond acceptors (Lipinski definition) is 3. The van der Waals surface area contributed by atoms with Crippen LogP contribution in [0, 0.1) is 0 Å². The second kappa shape index (κ2) is 9.00. The third-order valence-corrected chi connectivity index (χ3v) is 3.95. The number of nitrogens with zero attached hydrogens (tertiary/aromatic N) is 3. The molecule has 0 aliphatic carbocycles. The van der Waals surface area contributed by atoms with Crippen LogP contribution in [-0.4, -0.2) is 15.0 Å². The molecule has 0 radical (unpaired) electrons. The lowest BCUT2D eigenvalue weighted by atomic mass is 9.79. The van der Waals surface area contributed by atoms with Crippen molar-refractivity contribution in [3.05, 3.63) is 18.5 Å². The molecule has 0 amide bonds. The first kappa shape index (κ1) is 16.1. The number of aromatic nitrogens is 3. The van der Waals surface area contributed by atoms with E-state index in [1.54, 1.807) is 12.7 Å². The first-order valence-corrected chi connectivity index (χ1v) is 7.85. The molecule has 1 aromatic heterocycles. The Bertz CT molecular complexity index is 326. The Hall–Kier alpha value is -0.990. The summed E-state index contributed by atoms with van der Waals surface area (Å²) in [7, 11) is 0. The van der Waals surface area contributed by atoms with Gasteiger partial charge in [0.05, 0.1) is 0 Å². The lowest BCUT2D eigenvalue weighted by Crippen LogP contribution is -2.25. The fourth-order valence-electron chi connectivity index (χ4n) is 2.59. The zero-order chi connectivity index (χ0) is 14.0. The normalized spacial score (nSPS) is 14.3. The molecule has 0 saturated carbocycles. The Labute approximate surface area is 118 Å². The van der Waals surface area contributed by atoms with E-state index in [1.807, 2.05) is 0 Å². The van der Waals surface area contributed by atoms with Gasteiger partial charge >= 0.3 is 0 Å². The van der Waals surface area contributed by atoms with E-state index in [2.05, 4.69) is 35.7 Å². The maximum Gasteiger partial charge on any atom is 0.137 e. The van der Waals surface area contributed by atoms with E-state index in [-0.39, 0.29) is 5.41 Å². The summed E-state index contributed by atoms with van der Waals surface area (Å²) in [6.45, 7) is 6.82. The highest BCUT2D eigenvalue weighted by atomic mass is 15.0. The Morgan fingerprint density at radius 3 is 2.05 bits per heavy atom. The Kier molecular flexibility index (Phi) is 7.61. The molecule has 1 rings (SSSR count). The summed E-state index contributed by atoms with van der Waals surface area (Å²) in [6, 6.07) is 0. The highest BCUT2D eigenvalue weighted by Crippen LogP contribution is 2.32. The lowest BCUT2D eigenvalue weighted by Gasteiger charge is -2.27. The van der Waals surface area contributed by atoms with E-state index in [4.69, 9.17) is 0 Å². The van der Waals surface area contributed by atoms with Gasteiger partial charge < -0.3 is 0 Å². The van der Waals surface area contributed by atoms with Gasteiger partial charge in [0, 0.05) is 5.41 Å². The van der Waals surface area contributed by atoms with E-state index in [0.29, 0.717) is 0 Å². The third kappa shape index (κ3) is 5.66. The number of hydrogen-bond donors (Lipinski definition) is 0. The topological polar surface area (TPSA) is 38.7 Å². The third-order valence-electron chi connectivity index (χ3n) is 3.95. The molecule has 3 nitrogen and oxygen atoms in total. The van der Waals surface area contributed by atoms with Gasteiger partial charge in [-0.05, 0) is 12.8 Å². The van der Waals surface area contributed by atoms with Crippen molar-refractivity contribution in [2.24, 2.45) is 0 Å². The molecule has 0 spiro atoms. The van der Waals surface area contributed by atoms with Crippen molar-refractivity contribution in [1.82, 2.24) is 15.0 Å². The van der Waals surface area contributed by atoms with Crippen molar-refractivity contribution >= 4 is 0 Å². The maximum atomic E-state index is 4.40. The fraction of sp³-hybridized carbons (Fsp3) is 0.812. The average molecular weight is 263 g/mol. The Morgan fingerprint density at radius 2 is 1.42 bits per heavy atom. The van der Waals surface area contributed by atoms with Gasteiger partial charge in [-0.25, -0.2) is 15.0 Å². The van der Waals surface area contributed by atoms with Gasteiger partial charge in [0.15, 0.2) is 0 Å². The van der Waals surface area contributed by atoms with Crippen LogP contribution >= 0.6 is 0 Å². The first-order valence-electron chi connectivity index (χ1n) is 7.85. The van der Waals surface area contributed by atoms with Gasteiger partial charge in [-0.3, -0.25) is 0 Å². The van der Waals surface area contributed by atoms with Gasteiger partial charge in [0.1, 0.15) is 18.5 Å². The molecular formula is C16H29N3. The minimum absolute atomic E-state index is 0.130. The minimum Gasteiger partial charge on any atom is -0.225 e. The molecule has 1 aromatic rings. The van der Waals surface area contributed by atoms with Crippen molar-refractivity contribution in [3.63, 3.8) is 0 Å². The van der Waals surface area contributed by atoms with Crippen LogP contribution in [0.15, 0.2) is 12.7 Å². The van der Waals surface area contributed by atoms with Crippen LogP contribution in [0.1, 0.15) is 84.4 Å². The SMILES string of the molecule is CCCCCCCC(C)(CCCC)c1ncncn1. The van der Waals surface area contributed by atoms with Crippen molar-refractivity contribution < 1.29 is 0 Å². The smallest absolute Gasteiger partial charge is 0.137 e. The second-order valence-electron chi connectivity index (χ2n) is 5.79. The van der Waals surface area contributed by atoms with Gasteiger partial charge in [0.2, 0.25) is 0 Å². The lowest BCUT2D eigenvalue weighted by molar-refractivity contribution is 0.348. The summed E-state index contributed by atoms with van der Waals surface area (Å²) in [4.78, 5) is 12.7. The van der Waals surface area contributed by atoms with Crippen LogP contribution in [0.2, 0.25) is 0 Å². The molecule has 3 heteroatoms. The second-order valence-corrected chi connectivity index (χ2v) is 5.79. The number of rotatable bonds is 10. The number of unbranched alkanes of at least 4 members (excludes halogenated alkanes) is 5. The molecule has 0 fully saturated rings. The van der Waals surface area contributed by atoms with E-state index in [0.717, 1.165) is 5.82 Å². The van der Waals surface area contributed by atoms with E-state index < -0.39 is 0 Å². The molecule has 0 bridgehead atoms. The van der Waals surface area contributed by atoms with Crippen molar-refractivity contribution in [2.45, 2.75) is 84.0 Å². The summed E-state index contributed by atoms with van der Waals surface area (Å²) < 4.78 is 0. The van der Waals surface area contributed by atoms with E-state index >= 15 is 0 Å². The Balaban J connectivity index is 2.55. The molecule has 19 heavy (non-hydrogen) atoms. The largest absolute Gasteiger partial charge is 0.225 e. The van der Waals surface area contributed by atoms with Gasteiger partial charge in [-0.2, -0.15) is 0 Å². The highest BCUT2D eigenvalue weighted by Gasteiger charge is 2.28. The van der Waals surface area contributed by atoms with Gasteiger partial charge in [-0.15, -0.1) is 0 Å². The highest BCUT2D eigenvalue weighted by molar-refractivity contribution is 5.03. The van der Waals surface area contributed by atoms with Crippen LogP contribution in [0.5, 0.6) is 0 Å². The molecule has 1 atom stereocenters. The maximum absolute atomic E-state index is 4.40. The zero-order valence-electron chi connectivity index (χ0n) is 12.9. The molecule has 0 saturated heterocycles. The van der Waals surface area contributed by atoms with Crippen LogP contribution < -0.4 is 0 Å². The van der Waals surface area contributed by atoms with Crippen molar-refractivity contribution in [1.29, 1.82) is 0 Å². The fourth-order valence-corrected chi connectivity index (χ4v) is 2.59. The predicted molar refractivity (Wildman–Crippen MR) is 80.1 cm³/mol. The molecule has 1 unspecified atom stereocenters. The average Bonchev–Trinajstić information content (AvgIpc) is 2.46. The van der Waals surface area contributed by atoms with E-state index in [1.165, 1.54) is 57.8 Å². The van der Waals surface area contributed by atoms with Gasteiger partial charge in [0.25, 0.3) is 0 Å². The molecule has 1 heterocycles. The monoisotopic (exact) mass is 263 g/mol. The Morgan fingerprint density at radius 1 is 0.842 bits per heavy atom. The van der Waals surface area contributed by atoms with Crippen molar-refractivity contribution in [2.75, 3.05) is 0 Å². The van der Waals surface area contributed by atoms with Crippen molar-refractivity contribution in [3.8, 4) is 0 Å². The van der Waals surface area contributed by atoms with Gasteiger partial charge in [-0.1, -0.05) is 65.7 Å². The molecule has 0 aliphatic rings. The molecule has 108 valence electrons. The van der Waals surface area contributed by atoms with Crippen LogP contribution in [0.4, 0.5) is 0 Å². The predicted octanol–water partition coefficient (Wildman–Crippen LogP) is 4.68. The van der Waals surface area contributed by atoms with Crippen LogP contribution in [0.25, 0.3) is 0 Å². The zero-order valence-corrected chi connectivity index (χ0v) is 12.9. The summed E-state index contributed by atoms with van der Waals surface area (Å²) in [6.07, 6.45) is 14.8. The molecule has 0 aliphatic heterocycles. The van der Waals surface area contributed by atoms with Crippen LogP contribution in [0.3, 0.4) is 0 Å². The minimum atomic E-state index is 0.130. The molecule has 0 aromatic carbocycles. The van der Waals surface area contributed by atoms with Crippen LogP contribution in [-0.2, 0) is 5.41 Å². The standard InChI is InChI=1S/C16H29N3/c1-4-6-8-9-10-12-16(3,11-7-5-2)15-18-13-17-14-19-15/h13-14H,4-12H2,1-3H3. The summed E-state index contributed by atoms with van der Waals surface area (Å²) in [5, 5.41) is 0. The molecular weight excluding hydrogens is 234 g/mol. The summed E-state index contributed by atoms with van der Waals surface area (Å²) >= 11 is 0. The molecule has 0 N–H and O–H groups in total. The first-order chi connectivity index (χ1) is 9.23. The summed E-state index contributed by atoms with van der Waals surface area (Å²) in [5.74, 6) is 0.978.